The van der Waals surface area contributed by atoms with Gasteiger partial charge >= 0.3 is 5.97 Å². The van der Waals surface area contributed by atoms with Gasteiger partial charge in [-0.15, -0.1) is 0 Å². The van der Waals surface area contributed by atoms with Crippen molar-refractivity contribution in [1.29, 1.82) is 0 Å². The topological polar surface area (TPSA) is 75.7 Å². The standard InChI is InChI=1S/C9H20N2O4S/c1-7(2)6-8(9(12)15-5)10-16(13,14)11(3)4/h7-8,10H,6H2,1-5H3. The van der Waals surface area contributed by atoms with Gasteiger partial charge in [-0.05, 0) is 12.3 Å². The molecule has 0 radical (unpaired) electrons. The van der Waals surface area contributed by atoms with E-state index in [1.54, 1.807) is 0 Å². The van der Waals surface area contributed by atoms with E-state index in [4.69, 9.17) is 0 Å². The summed E-state index contributed by atoms with van der Waals surface area (Å²) in [5, 5.41) is 0. The first-order chi connectivity index (χ1) is 7.20. The highest BCUT2D eigenvalue weighted by atomic mass is 32.2. The van der Waals surface area contributed by atoms with Gasteiger partial charge in [-0.25, -0.2) is 0 Å². The molecular formula is C9H20N2O4S. The van der Waals surface area contributed by atoms with Crippen molar-refractivity contribution < 1.29 is 17.9 Å². The van der Waals surface area contributed by atoms with Crippen LogP contribution >= 0.6 is 0 Å². The van der Waals surface area contributed by atoms with E-state index in [-0.39, 0.29) is 5.92 Å². The number of carbonyl (C=O) groups is 1. The molecule has 0 spiro atoms. The molecule has 0 heterocycles. The quantitative estimate of drug-likeness (QED) is 0.674. The van der Waals surface area contributed by atoms with E-state index in [0.717, 1.165) is 4.31 Å². The minimum Gasteiger partial charge on any atom is -0.468 e. The van der Waals surface area contributed by atoms with E-state index in [0.29, 0.717) is 6.42 Å². The lowest BCUT2D eigenvalue weighted by Crippen LogP contribution is -2.46. The Kier molecular flexibility index (Phi) is 5.91. The first-order valence-corrected chi connectivity index (χ1v) is 6.42. The highest BCUT2D eigenvalue weighted by Crippen LogP contribution is 2.08. The molecule has 0 fully saturated rings. The van der Waals surface area contributed by atoms with Gasteiger partial charge in [0.15, 0.2) is 0 Å². The van der Waals surface area contributed by atoms with Crippen molar-refractivity contribution in [2.75, 3.05) is 21.2 Å². The molecule has 0 aromatic carbocycles. The Bertz CT molecular complexity index is 324. The Morgan fingerprint density at radius 2 is 1.88 bits per heavy atom. The Morgan fingerprint density at radius 1 is 1.38 bits per heavy atom. The average molecular weight is 252 g/mol. The number of methoxy groups -OCH3 is 1. The predicted molar refractivity (Wildman–Crippen MR) is 61.0 cm³/mol. The number of ether oxygens (including phenoxy) is 1. The molecular weight excluding hydrogens is 232 g/mol. The monoisotopic (exact) mass is 252 g/mol. The molecule has 1 unspecified atom stereocenters. The van der Waals surface area contributed by atoms with Crippen molar-refractivity contribution >= 4 is 16.2 Å². The Labute approximate surface area is 97.1 Å². The smallest absolute Gasteiger partial charge is 0.323 e. The van der Waals surface area contributed by atoms with Crippen molar-refractivity contribution in [1.82, 2.24) is 9.03 Å². The number of rotatable bonds is 6. The summed E-state index contributed by atoms with van der Waals surface area (Å²) in [5.74, 6) is -0.381. The summed E-state index contributed by atoms with van der Waals surface area (Å²) in [7, 11) is 0.410. The lowest BCUT2D eigenvalue weighted by molar-refractivity contribution is -0.143. The van der Waals surface area contributed by atoms with Crippen LogP contribution in [0.4, 0.5) is 0 Å². The van der Waals surface area contributed by atoms with Crippen LogP contribution in [0.1, 0.15) is 20.3 Å². The summed E-state index contributed by atoms with van der Waals surface area (Å²) in [6.45, 7) is 3.81. The largest absolute Gasteiger partial charge is 0.468 e. The van der Waals surface area contributed by atoms with Gasteiger partial charge in [0, 0.05) is 14.1 Å². The lowest BCUT2D eigenvalue weighted by Gasteiger charge is -2.20. The van der Waals surface area contributed by atoms with Crippen LogP contribution in [0.2, 0.25) is 0 Å². The Morgan fingerprint density at radius 3 is 2.19 bits per heavy atom. The third-order valence-electron chi connectivity index (χ3n) is 1.96. The predicted octanol–water partition coefficient (Wildman–Crippen LogP) is -0.0299. The van der Waals surface area contributed by atoms with E-state index in [1.165, 1.54) is 21.2 Å². The third-order valence-corrected chi connectivity index (χ3v) is 3.51. The molecule has 0 aliphatic rings. The SMILES string of the molecule is COC(=O)C(CC(C)C)NS(=O)(=O)N(C)C. The number of nitrogens with zero attached hydrogens (tertiary/aromatic N) is 1. The molecule has 0 bridgehead atoms. The number of carbonyl (C=O) groups excluding carboxylic acids is 1. The van der Waals surface area contributed by atoms with E-state index < -0.39 is 22.2 Å². The summed E-state index contributed by atoms with van der Waals surface area (Å²) in [6, 6.07) is -0.836. The van der Waals surface area contributed by atoms with E-state index in [1.807, 2.05) is 13.8 Å². The van der Waals surface area contributed by atoms with Crippen LogP contribution in [0.3, 0.4) is 0 Å². The van der Waals surface area contributed by atoms with Crippen molar-refractivity contribution in [3.63, 3.8) is 0 Å². The maximum absolute atomic E-state index is 11.5. The van der Waals surface area contributed by atoms with Gasteiger partial charge in [-0.1, -0.05) is 13.8 Å². The molecule has 96 valence electrons. The van der Waals surface area contributed by atoms with Gasteiger partial charge in [0.2, 0.25) is 0 Å². The van der Waals surface area contributed by atoms with Crippen LogP contribution < -0.4 is 4.72 Å². The Hall–Kier alpha value is -0.660. The molecule has 0 amide bonds. The molecule has 0 aromatic heterocycles. The van der Waals surface area contributed by atoms with Crippen molar-refractivity contribution in [2.24, 2.45) is 5.92 Å². The number of hydrogen-bond acceptors (Lipinski definition) is 4. The second kappa shape index (κ2) is 6.17. The van der Waals surface area contributed by atoms with Gasteiger partial charge in [-0.2, -0.15) is 17.4 Å². The fourth-order valence-corrected chi connectivity index (χ4v) is 1.85. The maximum Gasteiger partial charge on any atom is 0.323 e. The van der Waals surface area contributed by atoms with Gasteiger partial charge in [-0.3, -0.25) is 4.79 Å². The summed E-state index contributed by atoms with van der Waals surface area (Å²) < 4.78 is 31.0. The molecule has 0 saturated carbocycles. The minimum absolute atomic E-state index is 0.189. The van der Waals surface area contributed by atoms with Crippen LogP contribution in [-0.2, 0) is 19.7 Å². The molecule has 0 aliphatic heterocycles. The molecule has 0 aromatic rings. The number of hydrogen-bond donors (Lipinski definition) is 1. The van der Waals surface area contributed by atoms with Crippen LogP contribution in [0.5, 0.6) is 0 Å². The molecule has 16 heavy (non-hydrogen) atoms. The van der Waals surface area contributed by atoms with E-state index in [2.05, 4.69) is 9.46 Å². The van der Waals surface area contributed by atoms with E-state index >= 15 is 0 Å². The molecule has 1 N–H and O–H groups in total. The normalized spacial score (nSPS) is 14.2. The number of esters is 1. The summed E-state index contributed by atoms with van der Waals surface area (Å²) >= 11 is 0. The first-order valence-electron chi connectivity index (χ1n) is 4.98. The zero-order valence-electron chi connectivity index (χ0n) is 10.4. The highest BCUT2D eigenvalue weighted by Gasteiger charge is 2.26. The summed E-state index contributed by atoms with van der Waals surface area (Å²) in [6.07, 6.45) is 0.403. The minimum atomic E-state index is -3.62. The molecule has 0 rings (SSSR count). The van der Waals surface area contributed by atoms with Crippen molar-refractivity contribution in [2.45, 2.75) is 26.3 Å². The Balaban J connectivity index is 4.74. The van der Waals surface area contributed by atoms with Gasteiger partial charge < -0.3 is 4.74 Å². The molecule has 0 saturated heterocycles. The molecule has 6 nitrogen and oxygen atoms in total. The molecule has 1 atom stereocenters. The zero-order chi connectivity index (χ0) is 12.9. The zero-order valence-corrected chi connectivity index (χ0v) is 11.2. The fraction of sp³-hybridized carbons (Fsp3) is 0.889. The lowest BCUT2D eigenvalue weighted by atomic mass is 10.1. The van der Waals surface area contributed by atoms with E-state index in [9.17, 15) is 13.2 Å². The second-order valence-electron chi connectivity index (χ2n) is 4.11. The van der Waals surface area contributed by atoms with Crippen molar-refractivity contribution in [3.8, 4) is 0 Å². The summed E-state index contributed by atoms with van der Waals surface area (Å²) in [5.41, 5.74) is 0. The van der Waals surface area contributed by atoms with Gasteiger partial charge in [0.1, 0.15) is 6.04 Å². The molecule has 0 aliphatic carbocycles. The maximum atomic E-state index is 11.5. The van der Waals surface area contributed by atoms with Crippen LogP contribution in [0, 0.1) is 5.92 Å². The fourth-order valence-electron chi connectivity index (χ4n) is 1.09. The van der Waals surface area contributed by atoms with Crippen LogP contribution in [0.25, 0.3) is 0 Å². The molecule has 7 heteroatoms. The summed E-state index contributed by atoms with van der Waals surface area (Å²) in [4.78, 5) is 11.4. The van der Waals surface area contributed by atoms with Crippen molar-refractivity contribution in [3.05, 3.63) is 0 Å². The third kappa shape index (κ3) is 4.91. The second-order valence-corrected chi connectivity index (χ2v) is 6.03. The van der Waals surface area contributed by atoms with Crippen LogP contribution in [0.15, 0.2) is 0 Å². The highest BCUT2D eigenvalue weighted by molar-refractivity contribution is 7.87. The van der Waals surface area contributed by atoms with Gasteiger partial charge in [0.05, 0.1) is 7.11 Å². The number of nitrogens with one attached hydrogen (secondary N) is 1. The van der Waals surface area contributed by atoms with Crippen LogP contribution in [-0.4, -0.2) is 45.9 Å². The van der Waals surface area contributed by atoms with Gasteiger partial charge in [0.25, 0.3) is 10.2 Å². The average Bonchev–Trinajstić information content (AvgIpc) is 2.14. The first kappa shape index (κ1) is 15.3.